The molecule has 0 aliphatic rings. The van der Waals surface area contributed by atoms with E-state index < -0.39 is 0 Å². The van der Waals surface area contributed by atoms with E-state index in [2.05, 4.69) is 15.3 Å². The maximum Gasteiger partial charge on any atom is 0.269 e. The Hall–Kier alpha value is -1.95. The lowest BCUT2D eigenvalue weighted by Crippen LogP contribution is -2.26. The van der Waals surface area contributed by atoms with Crippen molar-refractivity contribution in [1.29, 1.82) is 0 Å². The summed E-state index contributed by atoms with van der Waals surface area (Å²) < 4.78 is 0. The number of thiazole rings is 1. The molecule has 3 N–H and O–H groups in total. The van der Waals surface area contributed by atoms with Gasteiger partial charge in [-0.1, -0.05) is 0 Å². The second kappa shape index (κ2) is 5.40. The molecule has 0 saturated carbocycles. The fraction of sp³-hybridized carbons (Fsp3) is 0.182. The van der Waals surface area contributed by atoms with Crippen molar-refractivity contribution in [2.45, 2.75) is 6.42 Å². The second-order valence-electron chi connectivity index (χ2n) is 3.46. The van der Waals surface area contributed by atoms with E-state index >= 15 is 0 Å². The molecule has 2 rings (SSSR count). The SMILES string of the molecule is Nc1ccnc(C(=O)NCCc2cscn2)c1. The third-order valence-corrected chi connectivity index (χ3v) is 2.80. The van der Waals surface area contributed by atoms with Crippen LogP contribution in [0.4, 0.5) is 5.69 Å². The van der Waals surface area contributed by atoms with Gasteiger partial charge in [-0.05, 0) is 12.1 Å². The number of nitrogens with one attached hydrogen (secondary N) is 1. The highest BCUT2D eigenvalue weighted by atomic mass is 32.1. The number of aromatic nitrogens is 2. The van der Waals surface area contributed by atoms with E-state index in [0.29, 0.717) is 17.9 Å². The van der Waals surface area contributed by atoms with Gasteiger partial charge in [0.05, 0.1) is 11.2 Å². The van der Waals surface area contributed by atoms with E-state index in [-0.39, 0.29) is 5.91 Å². The van der Waals surface area contributed by atoms with Gasteiger partial charge in [-0.3, -0.25) is 9.78 Å². The van der Waals surface area contributed by atoms with Gasteiger partial charge in [0.15, 0.2) is 0 Å². The normalized spacial score (nSPS) is 10.1. The molecule has 5 nitrogen and oxygen atoms in total. The Morgan fingerprint density at radius 2 is 2.35 bits per heavy atom. The lowest BCUT2D eigenvalue weighted by atomic mass is 10.3. The van der Waals surface area contributed by atoms with Crippen LogP contribution in [0.3, 0.4) is 0 Å². The molecule has 0 aliphatic carbocycles. The highest BCUT2D eigenvalue weighted by Crippen LogP contribution is 2.03. The fourth-order valence-corrected chi connectivity index (χ4v) is 1.92. The third kappa shape index (κ3) is 3.25. The Morgan fingerprint density at radius 3 is 3.06 bits per heavy atom. The zero-order valence-electron chi connectivity index (χ0n) is 9.09. The summed E-state index contributed by atoms with van der Waals surface area (Å²) in [6.45, 7) is 0.541. The average molecular weight is 248 g/mol. The molecule has 2 heterocycles. The Kier molecular flexibility index (Phi) is 3.66. The summed E-state index contributed by atoms with van der Waals surface area (Å²) in [6, 6.07) is 3.20. The summed E-state index contributed by atoms with van der Waals surface area (Å²) >= 11 is 1.54. The largest absolute Gasteiger partial charge is 0.399 e. The summed E-state index contributed by atoms with van der Waals surface area (Å²) in [4.78, 5) is 19.8. The highest BCUT2D eigenvalue weighted by Gasteiger charge is 2.06. The van der Waals surface area contributed by atoms with Crippen LogP contribution in [0.1, 0.15) is 16.2 Å². The summed E-state index contributed by atoms with van der Waals surface area (Å²) in [5.41, 5.74) is 9.20. The van der Waals surface area contributed by atoms with Crippen LogP contribution >= 0.6 is 11.3 Å². The van der Waals surface area contributed by atoms with Crippen LogP contribution in [0.5, 0.6) is 0 Å². The number of carbonyl (C=O) groups excluding carboxylic acids is 1. The molecule has 0 atom stereocenters. The van der Waals surface area contributed by atoms with Crippen LogP contribution in [0, 0.1) is 0 Å². The monoisotopic (exact) mass is 248 g/mol. The molecule has 0 radical (unpaired) electrons. The number of nitrogen functional groups attached to an aromatic ring is 1. The van der Waals surface area contributed by atoms with Crippen LogP contribution in [0.15, 0.2) is 29.2 Å². The van der Waals surface area contributed by atoms with Gasteiger partial charge in [-0.2, -0.15) is 0 Å². The molecule has 0 spiro atoms. The first-order chi connectivity index (χ1) is 8.25. The van der Waals surface area contributed by atoms with Crippen LogP contribution in [-0.4, -0.2) is 22.4 Å². The standard InChI is InChI=1S/C11H12N4OS/c12-8-1-3-13-10(5-8)11(16)14-4-2-9-6-17-7-15-9/h1,3,5-7H,2,4H2,(H2,12,13)(H,14,16). The summed E-state index contributed by atoms with van der Waals surface area (Å²) in [6.07, 6.45) is 2.24. The predicted octanol–water partition coefficient (Wildman–Crippen LogP) is 1.09. The van der Waals surface area contributed by atoms with Crippen molar-refractivity contribution in [3.63, 3.8) is 0 Å². The summed E-state index contributed by atoms with van der Waals surface area (Å²) in [5, 5.41) is 4.74. The maximum absolute atomic E-state index is 11.7. The first-order valence-electron chi connectivity index (χ1n) is 5.12. The van der Waals surface area contributed by atoms with E-state index in [1.807, 2.05) is 5.38 Å². The number of anilines is 1. The molecule has 6 heteroatoms. The number of amides is 1. The van der Waals surface area contributed by atoms with E-state index in [1.54, 1.807) is 29.0 Å². The zero-order chi connectivity index (χ0) is 12.1. The number of carbonyl (C=O) groups is 1. The van der Waals surface area contributed by atoms with Crippen molar-refractivity contribution >= 4 is 22.9 Å². The number of hydrogen-bond acceptors (Lipinski definition) is 5. The smallest absolute Gasteiger partial charge is 0.269 e. The number of hydrogen-bond donors (Lipinski definition) is 2. The van der Waals surface area contributed by atoms with E-state index in [9.17, 15) is 4.79 Å². The van der Waals surface area contributed by atoms with Crippen molar-refractivity contribution < 1.29 is 4.79 Å². The molecule has 0 saturated heterocycles. The van der Waals surface area contributed by atoms with Crippen molar-refractivity contribution in [3.05, 3.63) is 40.6 Å². The van der Waals surface area contributed by atoms with Crippen molar-refractivity contribution in [1.82, 2.24) is 15.3 Å². The Morgan fingerprint density at radius 1 is 1.47 bits per heavy atom. The van der Waals surface area contributed by atoms with Gasteiger partial charge in [0.25, 0.3) is 5.91 Å². The molecular weight excluding hydrogens is 236 g/mol. The van der Waals surface area contributed by atoms with Gasteiger partial charge in [0.2, 0.25) is 0 Å². The van der Waals surface area contributed by atoms with Crippen molar-refractivity contribution in [3.8, 4) is 0 Å². The first kappa shape index (κ1) is 11.5. The van der Waals surface area contributed by atoms with Crippen LogP contribution < -0.4 is 11.1 Å². The molecule has 1 amide bonds. The Bertz CT molecular complexity index is 498. The van der Waals surface area contributed by atoms with Gasteiger partial charge >= 0.3 is 0 Å². The lowest BCUT2D eigenvalue weighted by molar-refractivity contribution is 0.0949. The predicted molar refractivity (Wildman–Crippen MR) is 66.8 cm³/mol. The zero-order valence-corrected chi connectivity index (χ0v) is 9.91. The van der Waals surface area contributed by atoms with E-state index in [4.69, 9.17) is 5.73 Å². The minimum absolute atomic E-state index is 0.215. The topological polar surface area (TPSA) is 80.9 Å². The number of nitrogens with zero attached hydrogens (tertiary/aromatic N) is 2. The van der Waals surface area contributed by atoms with E-state index in [0.717, 1.165) is 12.1 Å². The fourth-order valence-electron chi connectivity index (χ4n) is 1.33. The van der Waals surface area contributed by atoms with Gasteiger partial charge < -0.3 is 11.1 Å². The number of pyridine rings is 1. The Balaban J connectivity index is 1.85. The molecule has 88 valence electrons. The number of nitrogens with two attached hydrogens (primary N) is 1. The van der Waals surface area contributed by atoms with Crippen molar-refractivity contribution in [2.24, 2.45) is 0 Å². The van der Waals surface area contributed by atoms with Crippen molar-refractivity contribution in [2.75, 3.05) is 12.3 Å². The quantitative estimate of drug-likeness (QED) is 0.848. The number of rotatable bonds is 4. The second-order valence-corrected chi connectivity index (χ2v) is 4.18. The molecule has 0 fully saturated rings. The maximum atomic E-state index is 11.7. The molecule has 0 aromatic carbocycles. The summed E-state index contributed by atoms with van der Waals surface area (Å²) in [7, 11) is 0. The van der Waals surface area contributed by atoms with Crippen LogP contribution in [0.2, 0.25) is 0 Å². The van der Waals surface area contributed by atoms with Gasteiger partial charge in [-0.15, -0.1) is 11.3 Å². The molecular formula is C11H12N4OS. The van der Waals surface area contributed by atoms with Crippen LogP contribution in [-0.2, 0) is 6.42 Å². The highest BCUT2D eigenvalue weighted by molar-refractivity contribution is 7.07. The lowest BCUT2D eigenvalue weighted by Gasteiger charge is -2.03. The first-order valence-corrected chi connectivity index (χ1v) is 6.07. The molecule has 2 aromatic rings. The molecule has 2 aromatic heterocycles. The van der Waals surface area contributed by atoms with E-state index in [1.165, 1.54) is 6.20 Å². The summed E-state index contributed by atoms with van der Waals surface area (Å²) in [5.74, 6) is -0.215. The minimum atomic E-state index is -0.215. The molecule has 0 unspecified atom stereocenters. The van der Waals surface area contributed by atoms with Gasteiger partial charge in [0, 0.05) is 30.2 Å². The molecule has 0 bridgehead atoms. The van der Waals surface area contributed by atoms with Crippen LogP contribution in [0.25, 0.3) is 0 Å². The minimum Gasteiger partial charge on any atom is -0.399 e. The Labute approximate surface area is 103 Å². The molecule has 0 aliphatic heterocycles. The van der Waals surface area contributed by atoms with Gasteiger partial charge in [0.1, 0.15) is 5.69 Å². The van der Waals surface area contributed by atoms with Gasteiger partial charge in [-0.25, -0.2) is 4.98 Å². The third-order valence-electron chi connectivity index (χ3n) is 2.17. The molecule has 17 heavy (non-hydrogen) atoms. The average Bonchev–Trinajstić information content (AvgIpc) is 2.82.